The van der Waals surface area contributed by atoms with Gasteiger partial charge in [-0.15, -0.1) is 12.4 Å². The van der Waals surface area contributed by atoms with E-state index in [1.807, 2.05) is 4.90 Å². The minimum atomic E-state index is 0. The van der Waals surface area contributed by atoms with Gasteiger partial charge in [0.2, 0.25) is 12.3 Å². The molecular weight excluding hydrogens is 204 g/mol. The zero-order valence-corrected chi connectivity index (χ0v) is 8.83. The minimum Gasteiger partial charge on any atom is -0.342 e. The van der Waals surface area contributed by atoms with Crippen molar-refractivity contribution >= 4 is 24.7 Å². The fraction of sp³-hybridized carbons (Fsp3) is 0.778. The van der Waals surface area contributed by atoms with Crippen LogP contribution in [0.25, 0.3) is 0 Å². The summed E-state index contributed by atoms with van der Waals surface area (Å²) < 4.78 is 0. The number of amides is 2. The Morgan fingerprint density at radius 1 is 1.14 bits per heavy atom. The van der Waals surface area contributed by atoms with Crippen LogP contribution in [-0.4, -0.2) is 48.3 Å². The number of carbonyl (C=O) groups is 2. The molecule has 0 aromatic heterocycles. The van der Waals surface area contributed by atoms with Gasteiger partial charge >= 0.3 is 0 Å². The summed E-state index contributed by atoms with van der Waals surface area (Å²) in [6, 6.07) is 0. The highest BCUT2D eigenvalue weighted by molar-refractivity contribution is 5.85. The summed E-state index contributed by atoms with van der Waals surface area (Å²) in [4.78, 5) is 25.6. The molecule has 0 aromatic rings. The van der Waals surface area contributed by atoms with Crippen LogP contribution in [0.3, 0.4) is 0 Å². The molecule has 0 radical (unpaired) electrons. The zero-order chi connectivity index (χ0) is 9.26. The Morgan fingerprint density at radius 3 is 2.14 bits per heavy atom. The van der Waals surface area contributed by atoms with Crippen LogP contribution in [0.1, 0.15) is 12.8 Å². The smallest absolute Gasteiger partial charge is 0.225 e. The van der Waals surface area contributed by atoms with Gasteiger partial charge in [-0.2, -0.15) is 0 Å². The maximum atomic E-state index is 11.6. The summed E-state index contributed by atoms with van der Waals surface area (Å²) in [6.45, 7) is 2.83. The molecule has 1 heterocycles. The SMILES string of the molecule is Cl.O=CN1CCN(C(=O)C2CC2)CC1. The molecule has 1 saturated heterocycles. The van der Waals surface area contributed by atoms with Crippen LogP contribution in [-0.2, 0) is 9.59 Å². The van der Waals surface area contributed by atoms with Gasteiger partial charge in [0.25, 0.3) is 0 Å². The predicted molar refractivity (Wildman–Crippen MR) is 54.2 cm³/mol. The summed E-state index contributed by atoms with van der Waals surface area (Å²) in [6.07, 6.45) is 2.98. The summed E-state index contributed by atoms with van der Waals surface area (Å²) in [5.74, 6) is 0.605. The summed E-state index contributed by atoms with van der Waals surface area (Å²) in [7, 11) is 0. The molecule has 2 aliphatic rings. The van der Waals surface area contributed by atoms with Crippen molar-refractivity contribution in [2.75, 3.05) is 26.2 Å². The predicted octanol–water partition coefficient (Wildman–Crippen LogP) is 0.119. The Kier molecular flexibility index (Phi) is 3.75. The van der Waals surface area contributed by atoms with Gasteiger partial charge in [0.1, 0.15) is 0 Å². The first-order valence-corrected chi connectivity index (χ1v) is 4.79. The zero-order valence-electron chi connectivity index (χ0n) is 8.02. The van der Waals surface area contributed by atoms with E-state index >= 15 is 0 Å². The topological polar surface area (TPSA) is 40.6 Å². The molecule has 1 aliphatic carbocycles. The molecule has 0 bridgehead atoms. The molecule has 0 aromatic carbocycles. The van der Waals surface area contributed by atoms with Crippen molar-refractivity contribution in [2.24, 2.45) is 5.92 Å². The van der Waals surface area contributed by atoms with E-state index in [1.165, 1.54) is 0 Å². The second kappa shape index (κ2) is 4.64. The molecule has 4 nitrogen and oxygen atoms in total. The highest BCUT2D eigenvalue weighted by Gasteiger charge is 2.34. The molecule has 14 heavy (non-hydrogen) atoms. The number of piperazine rings is 1. The first-order valence-electron chi connectivity index (χ1n) is 4.79. The monoisotopic (exact) mass is 218 g/mol. The number of nitrogens with zero attached hydrogens (tertiary/aromatic N) is 2. The summed E-state index contributed by atoms with van der Waals surface area (Å²) >= 11 is 0. The molecule has 1 saturated carbocycles. The second-order valence-corrected chi connectivity index (χ2v) is 3.74. The Hall–Kier alpha value is -0.770. The van der Waals surface area contributed by atoms with Crippen LogP contribution in [0, 0.1) is 5.92 Å². The van der Waals surface area contributed by atoms with E-state index < -0.39 is 0 Å². The van der Waals surface area contributed by atoms with Crippen molar-refractivity contribution in [3.05, 3.63) is 0 Å². The lowest BCUT2D eigenvalue weighted by molar-refractivity contribution is -0.136. The van der Waals surface area contributed by atoms with Crippen molar-refractivity contribution < 1.29 is 9.59 Å². The number of rotatable bonds is 2. The van der Waals surface area contributed by atoms with Gasteiger partial charge in [0.05, 0.1) is 0 Å². The van der Waals surface area contributed by atoms with Crippen molar-refractivity contribution in [3.63, 3.8) is 0 Å². The van der Waals surface area contributed by atoms with E-state index in [9.17, 15) is 9.59 Å². The first-order chi connectivity index (χ1) is 6.31. The Bertz CT molecular complexity index is 223. The van der Waals surface area contributed by atoms with Crippen LogP contribution in [0.2, 0.25) is 0 Å². The fourth-order valence-corrected chi connectivity index (χ4v) is 1.64. The van der Waals surface area contributed by atoms with Gasteiger partial charge in [-0.05, 0) is 12.8 Å². The summed E-state index contributed by atoms with van der Waals surface area (Å²) in [5, 5.41) is 0. The number of halogens is 1. The minimum absolute atomic E-state index is 0. The highest BCUT2D eigenvalue weighted by Crippen LogP contribution is 2.31. The Labute approximate surface area is 89.6 Å². The lowest BCUT2D eigenvalue weighted by Gasteiger charge is -2.32. The molecule has 0 unspecified atom stereocenters. The van der Waals surface area contributed by atoms with E-state index in [-0.39, 0.29) is 12.4 Å². The van der Waals surface area contributed by atoms with Crippen molar-refractivity contribution in [3.8, 4) is 0 Å². The molecule has 2 rings (SSSR count). The van der Waals surface area contributed by atoms with Crippen LogP contribution in [0.15, 0.2) is 0 Å². The summed E-state index contributed by atoms with van der Waals surface area (Å²) in [5.41, 5.74) is 0. The van der Waals surface area contributed by atoms with Crippen LogP contribution < -0.4 is 0 Å². The molecular formula is C9H15ClN2O2. The van der Waals surface area contributed by atoms with Crippen molar-refractivity contribution in [2.45, 2.75) is 12.8 Å². The fourth-order valence-electron chi connectivity index (χ4n) is 1.64. The van der Waals surface area contributed by atoms with E-state index in [1.54, 1.807) is 4.90 Å². The maximum absolute atomic E-state index is 11.6. The van der Waals surface area contributed by atoms with Gasteiger partial charge in [0.15, 0.2) is 0 Å². The third-order valence-electron chi connectivity index (χ3n) is 2.70. The van der Waals surface area contributed by atoms with E-state index in [0.29, 0.717) is 38.0 Å². The molecule has 0 spiro atoms. The number of carbonyl (C=O) groups excluding carboxylic acids is 2. The molecule has 80 valence electrons. The largest absolute Gasteiger partial charge is 0.342 e. The second-order valence-electron chi connectivity index (χ2n) is 3.74. The van der Waals surface area contributed by atoms with Crippen LogP contribution in [0.5, 0.6) is 0 Å². The van der Waals surface area contributed by atoms with Gasteiger partial charge in [-0.3, -0.25) is 9.59 Å². The standard InChI is InChI=1S/C9H14N2O2.ClH/c12-7-10-3-5-11(6-4-10)9(13)8-1-2-8;/h7-8H,1-6H2;1H. The van der Waals surface area contributed by atoms with Crippen molar-refractivity contribution in [1.29, 1.82) is 0 Å². The van der Waals surface area contributed by atoms with Gasteiger partial charge in [-0.25, -0.2) is 0 Å². The quantitative estimate of drug-likeness (QED) is 0.618. The molecule has 5 heteroatoms. The number of hydrogen-bond acceptors (Lipinski definition) is 2. The highest BCUT2D eigenvalue weighted by atomic mass is 35.5. The van der Waals surface area contributed by atoms with Gasteiger partial charge < -0.3 is 9.80 Å². The lowest BCUT2D eigenvalue weighted by atomic mass is 10.3. The molecule has 2 fully saturated rings. The Balaban J connectivity index is 0.000000980. The maximum Gasteiger partial charge on any atom is 0.225 e. The van der Waals surface area contributed by atoms with Crippen molar-refractivity contribution in [1.82, 2.24) is 9.80 Å². The molecule has 0 N–H and O–H groups in total. The average molecular weight is 219 g/mol. The lowest BCUT2D eigenvalue weighted by Crippen LogP contribution is -2.48. The average Bonchev–Trinajstić information content (AvgIpc) is 3.00. The first kappa shape index (κ1) is 11.3. The van der Waals surface area contributed by atoms with E-state index in [0.717, 1.165) is 19.3 Å². The normalized spacial score (nSPS) is 21.4. The van der Waals surface area contributed by atoms with E-state index in [2.05, 4.69) is 0 Å². The number of hydrogen-bond donors (Lipinski definition) is 0. The van der Waals surface area contributed by atoms with Gasteiger partial charge in [-0.1, -0.05) is 0 Å². The van der Waals surface area contributed by atoms with Gasteiger partial charge in [0, 0.05) is 32.1 Å². The van der Waals surface area contributed by atoms with Crippen LogP contribution in [0.4, 0.5) is 0 Å². The molecule has 0 atom stereocenters. The Morgan fingerprint density at radius 2 is 1.71 bits per heavy atom. The molecule has 2 amide bonds. The third kappa shape index (κ3) is 2.38. The van der Waals surface area contributed by atoms with Crippen LogP contribution >= 0.6 is 12.4 Å². The third-order valence-corrected chi connectivity index (χ3v) is 2.70. The van der Waals surface area contributed by atoms with E-state index in [4.69, 9.17) is 0 Å². The molecule has 1 aliphatic heterocycles.